The van der Waals surface area contributed by atoms with E-state index in [1.165, 1.54) is 22.4 Å². The molecule has 1 unspecified atom stereocenters. The average Bonchev–Trinajstić information content (AvgIpc) is 2.44. The lowest BCUT2D eigenvalue weighted by Gasteiger charge is -2.20. The predicted molar refractivity (Wildman–Crippen MR) is 90.3 cm³/mol. The highest BCUT2D eigenvalue weighted by Crippen LogP contribution is 2.19. The third-order valence-corrected chi connectivity index (χ3v) is 3.60. The van der Waals surface area contributed by atoms with E-state index in [4.69, 9.17) is 4.74 Å². The molecular weight excluding hydrogens is 258 g/mol. The molecular formula is C19H25NO. The lowest BCUT2D eigenvalue weighted by molar-refractivity contribution is 0.208. The molecule has 0 spiro atoms. The number of ether oxygens (including phenoxy) is 1. The summed E-state index contributed by atoms with van der Waals surface area (Å²) >= 11 is 0. The average molecular weight is 283 g/mol. The zero-order chi connectivity index (χ0) is 15.2. The van der Waals surface area contributed by atoms with Gasteiger partial charge in [0.05, 0.1) is 6.54 Å². The van der Waals surface area contributed by atoms with Crippen LogP contribution < -0.4 is 10.1 Å². The van der Waals surface area contributed by atoms with Crippen molar-refractivity contribution in [3.63, 3.8) is 0 Å². The minimum Gasteiger partial charge on any atom is -0.488 e. The van der Waals surface area contributed by atoms with Gasteiger partial charge in [-0.2, -0.15) is 0 Å². The summed E-state index contributed by atoms with van der Waals surface area (Å²) in [5, 5.41) is 3.49. The van der Waals surface area contributed by atoms with Gasteiger partial charge >= 0.3 is 0 Å². The molecule has 21 heavy (non-hydrogen) atoms. The van der Waals surface area contributed by atoms with E-state index in [1.807, 2.05) is 18.2 Å². The fourth-order valence-electron chi connectivity index (χ4n) is 2.45. The lowest BCUT2D eigenvalue weighted by Crippen LogP contribution is -2.25. The van der Waals surface area contributed by atoms with Crippen molar-refractivity contribution < 1.29 is 4.74 Å². The smallest absolute Gasteiger partial charge is 0.122 e. The first-order valence-corrected chi connectivity index (χ1v) is 7.63. The normalized spacial score (nSPS) is 12.0. The molecule has 0 saturated heterocycles. The summed E-state index contributed by atoms with van der Waals surface area (Å²) in [6.45, 7) is 9.30. The van der Waals surface area contributed by atoms with Crippen molar-refractivity contribution in [1.82, 2.24) is 0 Å². The van der Waals surface area contributed by atoms with E-state index in [0.717, 1.165) is 18.7 Å². The van der Waals surface area contributed by atoms with Gasteiger partial charge in [-0.05, 0) is 62.1 Å². The van der Waals surface area contributed by atoms with Crippen molar-refractivity contribution in [1.29, 1.82) is 0 Å². The zero-order valence-corrected chi connectivity index (χ0v) is 13.4. The van der Waals surface area contributed by atoms with Crippen molar-refractivity contribution in [2.24, 2.45) is 0 Å². The molecule has 0 fully saturated rings. The Morgan fingerprint density at radius 2 is 1.67 bits per heavy atom. The van der Waals surface area contributed by atoms with Crippen LogP contribution in [0.25, 0.3) is 0 Å². The Labute approximate surface area is 128 Å². The third kappa shape index (κ3) is 4.52. The summed E-state index contributed by atoms with van der Waals surface area (Å²) < 4.78 is 6.11. The number of aryl methyl sites for hydroxylation is 3. The molecule has 0 amide bonds. The van der Waals surface area contributed by atoms with Crippen LogP contribution >= 0.6 is 0 Å². The van der Waals surface area contributed by atoms with E-state index in [9.17, 15) is 0 Å². The summed E-state index contributed by atoms with van der Waals surface area (Å²) in [5.74, 6) is 0.978. The van der Waals surface area contributed by atoms with Gasteiger partial charge in [0, 0.05) is 5.69 Å². The molecule has 0 bridgehead atoms. The molecule has 2 rings (SSSR count). The molecule has 1 N–H and O–H groups in total. The van der Waals surface area contributed by atoms with Gasteiger partial charge in [0.25, 0.3) is 0 Å². The molecule has 2 nitrogen and oxygen atoms in total. The number of anilines is 1. The molecule has 0 aliphatic rings. The first-order chi connectivity index (χ1) is 10.1. The zero-order valence-electron chi connectivity index (χ0n) is 13.4. The molecule has 0 radical (unpaired) electrons. The van der Waals surface area contributed by atoms with Crippen LogP contribution in [0.4, 0.5) is 5.69 Å². The molecule has 2 aromatic carbocycles. The molecule has 112 valence electrons. The summed E-state index contributed by atoms with van der Waals surface area (Å²) in [6.07, 6.45) is 1.15. The van der Waals surface area contributed by atoms with Gasteiger partial charge in [-0.3, -0.25) is 0 Å². The summed E-state index contributed by atoms with van der Waals surface area (Å²) in [7, 11) is 0. The standard InChI is InChI=1S/C19H25NO/c1-5-18(21-19-9-7-6-8-16(19)4)13-20-17-11-14(2)10-15(3)12-17/h6-12,18,20H,5,13H2,1-4H3. The van der Waals surface area contributed by atoms with Gasteiger partial charge in [0.2, 0.25) is 0 Å². The summed E-state index contributed by atoms with van der Waals surface area (Å²) in [4.78, 5) is 0. The fraction of sp³-hybridized carbons (Fsp3) is 0.368. The molecule has 2 aromatic rings. The number of benzene rings is 2. The Balaban J connectivity index is 1.98. The topological polar surface area (TPSA) is 21.3 Å². The second-order valence-corrected chi connectivity index (χ2v) is 5.67. The Morgan fingerprint density at radius 1 is 1.00 bits per heavy atom. The third-order valence-electron chi connectivity index (χ3n) is 3.60. The van der Waals surface area contributed by atoms with E-state index >= 15 is 0 Å². The molecule has 0 aromatic heterocycles. The quantitative estimate of drug-likeness (QED) is 0.815. The van der Waals surface area contributed by atoms with Crippen LogP contribution in [0, 0.1) is 20.8 Å². The van der Waals surface area contributed by atoms with Crippen LogP contribution in [0.5, 0.6) is 5.75 Å². The molecule has 1 atom stereocenters. The predicted octanol–water partition coefficient (Wildman–Crippen LogP) is 4.88. The highest BCUT2D eigenvalue weighted by atomic mass is 16.5. The second kappa shape index (κ2) is 7.16. The Morgan fingerprint density at radius 3 is 2.29 bits per heavy atom. The maximum absolute atomic E-state index is 6.11. The van der Waals surface area contributed by atoms with E-state index in [0.29, 0.717) is 0 Å². The maximum Gasteiger partial charge on any atom is 0.122 e. The van der Waals surface area contributed by atoms with E-state index in [1.54, 1.807) is 0 Å². The molecule has 0 saturated carbocycles. The SMILES string of the molecule is CCC(CNc1cc(C)cc(C)c1)Oc1ccccc1C. The Hall–Kier alpha value is -1.96. The number of nitrogens with one attached hydrogen (secondary N) is 1. The molecule has 0 aliphatic carbocycles. The second-order valence-electron chi connectivity index (χ2n) is 5.67. The van der Waals surface area contributed by atoms with Crippen LogP contribution in [0.15, 0.2) is 42.5 Å². The first-order valence-electron chi connectivity index (χ1n) is 7.63. The maximum atomic E-state index is 6.11. The number of hydrogen-bond acceptors (Lipinski definition) is 2. The molecule has 2 heteroatoms. The Bertz CT molecular complexity index is 572. The number of hydrogen-bond donors (Lipinski definition) is 1. The van der Waals surface area contributed by atoms with Crippen molar-refractivity contribution in [3.8, 4) is 5.75 Å². The summed E-state index contributed by atoms with van der Waals surface area (Å²) in [6, 6.07) is 14.7. The molecule has 0 heterocycles. The van der Waals surface area contributed by atoms with Gasteiger partial charge < -0.3 is 10.1 Å². The summed E-state index contributed by atoms with van der Waals surface area (Å²) in [5.41, 5.74) is 4.91. The van der Waals surface area contributed by atoms with E-state index in [-0.39, 0.29) is 6.10 Å². The van der Waals surface area contributed by atoms with Crippen LogP contribution in [-0.2, 0) is 0 Å². The number of para-hydroxylation sites is 1. The lowest BCUT2D eigenvalue weighted by atomic mass is 10.1. The van der Waals surface area contributed by atoms with Crippen LogP contribution in [-0.4, -0.2) is 12.6 Å². The van der Waals surface area contributed by atoms with Crippen LogP contribution in [0.2, 0.25) is 0 Å². The Kier molecular flexibility index (Phi) is 5.26. The first kappa shape index (κ1) is 15.4. The van der Waals surface area contributed by atoms with Gasteiger partial charge in [-0.1, -0.05) is 31.2 Å². The van der Waals surface area contributed by atoms with Gasteiger partial charge in [-0.15, -0.1) is 0 Å². The number of rotatable bonds is 6. The van der Waals surface area contributed by atoms with Crippen molar-refractivity contribution in [3.05, 3.63) is 59.2 Å². The van der Waals surface area contributed by atoms with E-state index < -0.39 is 0 Å². The minimum absolute atomic E-state index is 0.173. The van der Waals surface area contributed by atoms with Gasteiger partial charge in [0.15, 0.2) is 0 Å². The molecule has 0 aliphatic heterocycles. The van der Waals surface area contributed by atoms with Crippen molar-refractivity contribution in [2.45, 2.75) is 40.2 Å². The fourth-order valence-corrected chi connectivity index (χ4v) is 2.45. The largest absolute Gasteiger partial charge is 0.488 e. The monoisotopic (exact) mass is 283 g/mol. The van der Waals surface area contributed by atoms with Crippen LogP contribution in [0.3, 0.4) is 0 Å². The minimum atomic E-state index is 0.173. The van der Waals surface area contributed by atoms with Crippen molar-refractivity contribution in [2.75, 3.05) is 11.9 Å². The van der Waals surface area contributed by atoms with Crippen molar-refractivity contribution >= 4 is 5.69 Å². The highest BCUT2D eigenvalue weighted by molar-refractivity contribution is 5.48. The van der Waals surface area contributed by atoms with E-state index in [2.05, 4.69) is 57.3 Å². The van der Waals surface area contributed by atoms with Crippen LogP contribution in [0.1, 0.15) is 30.0 Å². The van der Waals surface area contributed by atoms with Gasteiger partial charge in [-0.25, -0.2) is 0 Å². The van der Waals surface area contributed by atoms with Gasteiger partial charge in [0.1, 0.15) is 11.9 Å². The highest BCUT2D eigenvalue weighted by Gasteiger charge is 2.09.